The van der Waals surface area contributed by atoms with Crippen molar-refractivity contribution in [2.75, 3.05) is 0 Å². The van der Waals surface area contributed by atoms with Crippen LogP contribution in [-0.2, 0) is 6.42 Å². The van der Waals surface area contributed by atoms with Crippen LogP contribution in [0.5, 0.6) is 0 Å². The average molecular weight is 300 g/mol. The van der Waals surface area contributed by atoms with Gasteiger partial charge in [-0.3, -0.25) is 0 Å². The van der Waals surface area contributed by atoms with E-state index in [0.29, 0.717) is 12.0 Å². The van der Waals surface area contributed by atoms with Crippen LogP contribution >= 0.6 is 0 Å². The van der Waals surface area contributed by atoms with Crippen LogP contribution in [0.25, 0.3) is 22.5 Å². The smallest absolute Gasteiger partial charge is 0.135 e. The van der Waals surface area contributed by atoms with Gasteiger partial charge in [0.05, 0.1) is 0 Å². The van der Waals surface area contributed by atoms with E-state index in [9.17, 15) is 0 Å². The first-order chi connectivity index (χ1) is 11.2. The van der Waals surface area contributed by atoms with Gasteiger partial charge < -0.3 is 0 Å². The molecule has 0 amide bonds. The van der Waals surface area contributed by atoms with Gasteiger partial charge in [-0.25, -0.2) is 4.39 Å². The van der Waals surface area contributed by atoms with Crippen LogP contribution in [-0.4, -0.2) is 0 Å². The van der Waals surface area contributed by atoms with Gasteiger partial charge in [-0.15, -0.1) is 0 Å². The predicted octanol–water partition coefficient (Wildman–Crippen LogP) is 6.06. The van der Waals surface area contributed by atoms with Gasteiger partial charge in [0.15, 0.2) is 0 Å². The van der Waals surface area contributed by atoms with Crippen molar-refractivity contribution in [2.45, 2.75) is 13.3 Å². The monoisotopic (exact) mass is 300 g/mol. The van der Waals surface area contributed by atoms with E-state index in [0.717, 1.165) is 22.3 Å². The number of benzene rings is 3. The van der Waals surface area contributed by atoms with Gasteiger partial charge in [0.25, 0.3) is 0 Å². The van der Waals surface area contributed by atoms with Crippen molar-refractivity contribution in [1.82, 2.24) is 0 Å². The van der Waals surface area contributed by atoms with Gasteiger partial charge in [-0.2, -0.15) is 0 Å². The fraction of sp³-hybridized carbons (Fsp3) is 0.0909. The van der Waals surface area contributed by atoms with Crippen LogP contribution in [0.15, 0.2) is 72.8 Å². The molecule has 112 valence electrons. The fourth-order valence-electron chi connectivity index (χ4n) is 3.26. The second-order valence-corrected chi connectivity index (χ2v) is 6.04. The summed E-state index contributed by atoms with van der Waals surface area (Å²) in [5, 5.41) is 0. The summed E-state index contributed by atoms with van der Waals surface area (Å²) >= 11 is 0. The van der Waals surface area contributed by atoms with Crippen molar-refractivity contribution in [3.05, 3.63) is 95.1 Å². The van der Waals surface area contributed by atoms with Crippen LogP contribution in [0.1, 0.15) is 22.3 Å². The molecule has 0 nitrogen and oxygen atoms in total. The van der Waals surface area contributed by atoms with Crippen molar-refractivity contribution in [2.24, 2.45) is 0 Å². The van der Waals surface area contributed by atoms with Crippen LogP contribution in [0.2, 0.25) is 0 Å². The lowest BCUT2D eigenvalue weighted by atomic mass is 9.95. The second kappa shape index (κ2) is 5.51. The lowest BCUT2D eigenvalue weighted by Gasteiger charge is -2.09. The number of fused-ring (bicyclic) bond motifs is 3. The maximum absolute atomic E-state index is 15.3. The van der Waals surface area contributed by atoms with E-state index < -0.39 is 0 Å². The molecule has 0 N–H and O–H groups in total. The molecule has 1 heteroatoms. The third-order valence-electron chi connectivity index (χ3n) is 4.50. The zero-order valence-electron chi connectivity index (χ0n) is 13.0. The third kappa shape index (κ3) is 2.39. The Labute approximate surface area is 135 Å². The second-order valence-electron chi connectivity index (χ2n) is 6.04. The van der Waals surface area contributed by atoms with E-state index in [1.807, 2.05) is 67.6 Å². The summed E-state index contributed by atoms with van der Waals surface area (Å²) in [5.74, 6) is -0.111. The van der Waals surface area contributed by atoms with E-state index >= 15 is 4.39 Å². The SMILES string of the molecule is Cc1ccc(C2=C(F)c3ccccc3-c3ccccc3C2)cc1. The Hall–Kier alpha value is -2.67. The Kier molecular flexibility index (Phi) is 3.34. The molecular weight excluding hydrogens is 283 g/mol. The summed E-state index contributed by atoms with van der Waals surface area (Å²) < 4.78 is 15.3. The molecule has 4 rings (SSSR count). The molecule has 0 aliphatic heterocycles. The minimum absolute atomic E-state index is 0.111. The number of hydrogen-bond acceptors (Lipinski definition) is 0. The molecule has 3 aromatic carbocycles. The lowest BCUT2D eigenvalue weighted by Crippen LogP contribution is -1.92. The molecule has 0 saturated carbocycles. The summed E-state index contributed by atoms with van der Waals surface area (Å²) in [6, 6.07) is 24.1. The van der Waals surface area contributed by atoms with E-state index in [4.69, 9.17) is 0 Å². The van der Waals surface area contributed by atoms with Gasteiger partial charge in [0.1, 0.15) is 5.83 Å². The summed E-state index contributed by atoms with van der Waals surface area (Å²) in [6.07, 6.45) is 0.611. The van der Waals surface area contributed by atoms with E-state index in [1.165, 1.54) is 11.1 Å². The summed E-state index contributed by atoms with van der Waals surface area (Å²) in [7, 11) is 0. The maximum Gasteiger partial charge on any atom is 0.135 e. The van der Waals surface area contributed by atoms with Gasteiger partial charge >= 0.3 is 0 Å². The molecule has 3 aromatic rings. The normalized spacial score (nSPS) is 13.3. The minimum Gasteiger partial charge on any atom is -0.206 e. The highest BCUT2D eigenvalue weighted by Crippen LogP contribution is 2.41. The Morgan fingerprint density at radius 2 is 1.30 bits per heavy atom. The molecule has 1 aliphatic carbocycles. The largest absolute Gasteiger partial charge is 0.206 e. The number of aryl methyl sites for hydroxylation is 1. The number of rotatable bonds is 1. The van der Waals surface area contributed by atoms with Crippen molar-refractivity contribution >= 4 is 11.4 Å². The molecule has 1 aliphatic rings. The Morgan fingerprint density at radius 1 is 0.696 bits per heavy atom. The van der Waals surface area contributed by atoms with Gasteiger partial charge in [-0.1, -0.05) is 78.4 Å². The number of hydrogen-bond donors (Lipinski definition) is 0. The highest BCUT2D eigenvalue weighted by molar-refractivity contribution is 5.96. The van der Waals surface area contributed by atoms with E-state index in [-0.39, 0.29) is 5.83 Å². The molecule has 0 bridgehead atoms. The molecule has 0 spiro atoms. The standard InChI is InChI=1S/C22H17F/c1-15-10-12-16(13-11-15)21-14-17-6-2-3-7-18(17)19-8-4-5-9-20(19)22(21)23/h2-13H,14H2,1H3. The van der Waals surface area contributed by atoms with Crippen molar-refractivity contribution in [3.8, 4) is 11.1 Å². The fourth-order valence-corrected chi connectivity index (χ4v) is 3.26. The van der Waals surface area contributed by atoms with Crippen LogP contribution < -0.4 is 0 Å². The highest BCUT2D eigenvalue weighted by Gasteiger charge is 2.21. The summed E-state index contributed by atoms with van der Waals surface area (Å²) in [6.45, 7) is 2.05. The molecule has 0 radical (unpaired) electrons. The van der Waals surface area contributed by atoms with Crippen LogP contribution in [0.3, 0.4) is 0 Å². The highest BCUT2D eigenvalue weighted by atomic mass is 19.1. The van der Waals surface area contributed by atoms with Crippen LogP contribution in [0.4, 0.5) is 4.39 Å². The first-order valence-electron chi connectivity index (χ1n) is 7.87. The lowest BCUT2D eigenvalue weighted by molar-refractivity contribution is 0.761. The third-order valence-corrected chi connectivity index (χ3v) is 4.50. The van der Waals surface area contributed by atoms with Crippen molar-refractivity contribution in [3.63, 3.8) is 0 Å². The molecule has 0 aromatic heterocycles. The minimum atomic E-state index is -0.111. The van der Waals surface area contributed by atoms with Crippen molar-refractivity contribution < 1.29 is 4.39 Å². The molecular formula is C22H17F. The molecule has 0 saturated heterocycles. The van der Waals surface area contributed by atoms with Gasteiger partial charge in [0, 0.05) is 17.6 Å². The number of allylic oxidation sites excluding steroid dienone is 1. The van der Waals surface area contributed by atoms with Gasteiger partial charge in [0.2, 0.25) is 0 Å². The van der Waals surface area contributed by atoms with Gasteiger partial charge in [-0.05, 0) is 29.2 Å². The average Bonchev–Trinajstić information content (AvgIpc) is 2.72. The van der Waals surface area contributed by atoms with Crippen molar-refractivity contribution in [1.29, 1.82) is 0 Å². The zero-order chi connectivity index (χ0) is 15.8. The predicted molar refractivity (Wildman–Crippen MR) is 94.7 cm³/mol. The summed E-state index contributed by atoms with van der Waals surface area (Å²) in [4.78, 5) is 0. The van der Waals surface area contributed by atoms with Crippen LogP contribution in [0, 0.1) is 6.92 Å². The number of halogens is 1. The Balaban J connectivity index is 2.00. The van der Waals surface area contributed by atoms with E-state index in [1.54, 1.807) is 0 Å². The Morgan fingerprint density at radius 3 is 2.04 bits per heavy atom. The topological polar surface area (TPSA) is 0 Å². The molecule has 0 atom stereocenters. The maximum atomic E-state index is 15.3. The Bertz CT molecular complexity index is 901. The molecule has 23 heavy (non-hydrogen) atoms. The summed E-state index contributed by atoms with van der Waals surface area (Å²) in [5.41, 5.74) is 6.87. The zero-order valence-corrected chi connectivity index (χ0v) is 13.0. The molecule has 0 heterocycles. The molecule has 0 fully saturated rings. The quantitative estimate of drug-likeness (QED) is 0.512. The first kappa shape index (κ1) is 14.0. The first-order valence-corrected chi connectivity index (χ1v) is 7.87. The van der Waals surface area contributed by atoms with E-state index in [2.05, 4.69) is 12.1 Å². The molecule has 0 unspecified atom stereocenters.